The van der Waals surface area contributed by atoms with Gasteiger partial charge >= 0.3 is 0 Å². The van der Waals surface area contributed by atoms with Gasteiger partial charge in [-0.2, -0.15) is 5.26 Å². The van der Waals surface area contributed by atoms with Crippen LogP contribution in [0.25, 0.3) is 0 Å². The lowest BCUT2D eigenvalue weighted by Crippen LogP contribution is -2.43. The van der Waals surface area contributed by atoms with Crippen LogP contribution in [-0.4, -0.2) is 11.9 Å². The van der Waals surface area contributed by atoms with Gasteiger partial charge in [0.25, 0.3) is 0 Å². The topological polar surface area (TPSA) is 52.9 Å². The van der Waals surface area contributed by atoms with Crippen molar-refractivity contribution in [1.82, 2.24) is 5.32 Å². The molecule has 3 nitrogen and oxygen atoms in total. The summed E-state index contributed by atoms with van der Waals surface area (Å²) >= 11 is 0. The molecule has 0 aromatic rings. The van der Waals surface area contributed by atoms with E-state index < -0.39 is 5.41 Å². The van der Waals surface area contributed by atoms with Crippen LogP contribution >= 0.6 is 0 Å². The van der Waals surface area contributed by atoms with E-state index in [0.29, 0.717) is 0 Å². The zero-order valence-corrected chi connectivity index (χ0v) is 12.0. The predicted octanol–water partition coefficient (Wildman–Crippen LogP) is 3.01. The van der Waals surface area contributed by atoms with Crippen LogP contribution < -0.4 is 5.32 Å². The van der Waals surface area contributed by atoms with E-state index in [1.165, 1.54) is 0 Å². The van der Waals surface area contributed by atoms with Crippen LogP contribution in [-0.2, 0) is 4.79 Å². The van der Waals surface area contributed by atoms with Gasteiger partial charge in [-0.05, 0) is 23.7 Å². The summed E-state index contributed by atoms with van der Waals surface area (Å²) in [7, 11) is 0. The maximum Gasteiger partial charge on any atom is 0.240 e. The molecule has 0 aromatic heterocycles. The molecule has 0 aliphatic heterocycles. The largest absolute Gasteiger partial charge is 0.351 e. The summed E-state index contributed by atoms with van der Waals surface area (Å²) in [6.07, 6.45) is 4.60. The van der Waals surface area contributed by atoms with Gasteiger partial charge in [-0.15, -0.1) is 0 Å². The zero-order chi connectivity index (χ0) is 13.6. The van der Waals surface area contributed by atoms with Crippen LogP contribution in [0.1, 0.15) is 59.8 Å². The average Bonchev–Trinajstić information content (AvgIpc) is 2.72. The molecule has 2 aliphatic rings. The van der Waals surface area contributed by atoms with Crippen molar-refractivity contribution in [2.75, 3.05) is 0 Å². The van der Waals surface area contributed by atoms with Gasteiger partial charge in [0, 0.05) is 6.04 Å². The Kier molecular flexibility index (Phi) is 2.96. The van der Waals surface area contributed by atoms with Crippen molar-refractivity contribution in [3.63, 3.8) is 0 Å². The first-order valence-electron chi connectivity index (χ1n) is 7.00. The fraction of sp³-hybridized carbons (Fsp3) is 0.867. The highest BCUT2D eigenvalue weighted by Gasteiger charge is 2.66. The SMILES string of the molecule is CC1(C)C(NC(=O)C2(C#N)CCCCC2)C1(C)C. The lowest BCUT2D eigenvalue weighted by Gasteiger charge is -2.29. The molecule has 0 unspecified atom stereocenters. The Morgan fingerprint density at radius 3 is 2.00 bits per heavy atom. The fourth-order valence-corrected chi connectivity index (χ4v) is 3.37. The number of nitrogens with zero attached hydrogens (tertiary/aromatic N) is 1. The second-order valence-corrected chi connectivity index (χ2v) is 7.10. The maximum atomic E-state index is 12.4. The Balaban J connectivity index is 2.07. The lowest BCUT2D eigenvalue weighted by molar-refractivity contribution is -0.130. The van der Waals surface area contributed by atoms with Crippen molar-refractivity contribution in [2.45, 2.75) is 65.8 Å². The molecule has 0 saturated heterocycles. The molecule has 0 radical (unpaired) electrons. The third-order valence-corrected chi connectivity index (χ3v) is 5.65. The lowest BCUT2D eigenvalue weighted by atomic mass is 9.74. The Morgan fingerprint density at radius 2 is 1.61 bits per heavy atom. The smallest absolute Gasteiger partial charge is 0.240 e. The van der Waals surface area contributed by atoms with Crippen molar-refractivity contribution in [2.24, 2.45) is 16.2 Å². The molecular weight excluding hydrogens is 224 g/mol. The Hall–Kier alpha value is -1.04. The van der Waals surface area contributed by atoms with Crippen molar-refractivity contribution in [3.05, 3.63) is 0 Å². The second kappa shape index (κ2) is 3.98. The summed E-state index contributed by atoms with van der Waals surface area (Å²) in [6.45, 7) is 8.71. The molecule has 2 fully saturated rings. The average molecular weight is 248 g/mol. The third kappa shape index (κ3) is 1.74. The molecule has 0 spiro atoms. The summed E-state index contributed by atoms with van der Waals surface area (Å²) in [4.78, 5) is 12.4. The van der Waals surface area contributed by atoms with Gasteiger partial charge < -0.3 is 5.32 Å². The summed E-state index contributed by atoms with van der Waals surface area (Å²) in [5, 5.41) is 12.5. The van der Waals surface area contributed by atoms with Gasteiger partial charge in [-0.25, -0.2) is 0 Å². The normalized spacial score (nSPS) is 28.2. The van der Waals surface area contributed by atoms with E-state index >= 15 is 0 Å². The van der Waals surface area contributed by atoms with Crippen molar-refractivity contribution >= 4 is 5.91 Å². The van der Waals surface area contributed by atoms with E-state index in [9.17, 15) is 10.1 Å². The van der Waals surface area contributed by atoms with Crippen molar-refractivity contribution < 1.29 is 4.79 Å². The van der Waals surface area contributed by atoms with Crippen LogP contribution in [0.5, 0.6) is 0 Å². The second-order valence-electron chi connectivity index (χ2n) is 7.10. The number of nitriles is 1. The molecule has 3 heteroatoms. The third-order valence-electron chi connectivity index (χ3n) is 5.65. The summed E-state index contributed by atoms with van der Waals surface area (Å²) in [6, 6.07) is 2.49. The van der Waals surface area contributed by atoms with Gasteiger partial charge in [0.15, 0.2) is 0 Å². The first-order valence-corrected chi connectivity index (χ1v) is 7.00. The van der Waals surface area contributed by atoms with Gasteiger partial charge in [-0.1, -0.05) is 47.0 Å². The predicted molar refractivity (Wildman–Crippen MR) is 70.6 cm³/mol. The number of carbonyl (C=O) groups is 1. The highest BCUT2D eigenvalue weighted by atomic mass is 16.2. The number of rotatable bonds is 2. The molecule has 18 heavy (non-hydrogen) atoms. The quantitative estimate of drug-likeness (QED) is 0.816. The first-order chi connectivity index (χ1) is 8.28. The molecular formula is C15H24N2O. The van der Waals surface area contributed by atoms with E-state index in [2.05, 4.69) is 39.1 Å². The van der Waals surface area contributed by atoms with Crippen LogP contribution in [0.15, 0.2) is 0 Å². The fourth-order valence-electron chi connectivity index (χ4n) is 3.37. The van der Waals surface area contributed by atoms with Crippen LogP contribution in [0.2, 0.25) is 0 Å². The van der Waals surface area contributed by atoms with Crippen molar-refractivity contribution in [1.29, 1.82) is 5.26 Å². The maximum absolute atomic E-state index is 12.4. The van der Waals surface area contributed by atoms with E-state index in [0.717, 1.165) is 32.1 Å². The van der Waals surface area contributed by atoms with Gasteiger partial charge in [0.2, 0.25) is 5.91 Å². The zero-order valence-electron chi connectivity index (χ0n) is 12.0. The van der Waals surface area contributed by atoms with Gasteiger partial charge in [0.05, 0.1) is 6.07 Å². The number of carbonyl (C=O) groups excluding carboxylic acids is 1. The highest BCUT2D eigenvalue weighted by Crippen LogP contribution is 2.62. The molecule has 1 N–H and O–H groups in total. The monoisotopic (exact) mass is 248 g/mol. The van der Waals surface area contributed by atoms with Crippen molar-refractivity contribution in [3.8, 4) is 6.07 Å². The van der Waals surface area contributed by atoms with E-state index in [1.54, 1.807) is 0 Å². The standard InChI is InChI=1S/C15H24N2O/c1-13(2)11(14(13,3)4)17-12(18)15(10-16)8-6-5-7-9-15/h11H,5-9H2,1-4H3,(H,17,18). The molecule has 0 bridgehead atoms. The number of amides is 1. The van der Waals surface area contributed by atoms with Crippen LogP contribution in [0, 0.1) is 27.6 Å². The van der Waals surface area contributed by atoms with Crippen LogP contribution in [0.4, 0.5) is 0 Å². The number of hydrogen-bond donors (Lipinski definition) is 1. The van der Waals surface area contributed by atoms with Crippen LogP contribution in [0.3, 0.4) is 0 Å². The molecule has 2 aliphatic carbocycles. The molecule has 0 heterocycles. The Bertz CT molecular complexity index is 383. The minimum Gasteiger partial charge on any atom is -0.351 e. The molecule has 2 saturated carbocycles. The Morgan fingerprint density at radius 1 is 1.11 bits per heavy atom. The number of nitrogens with one attached hydrogen (secondary N) is 1. The van der Waals surface area contributed by atoms with E-state index in [1.807, 2.05) is 0 Å². The molecule has 2 rings (SSSR count). The van der Waals surface area contributed by atoms with E-state index in [4.69, 9.17) is 0 Å². The van der Waals surface area contributed by atoms with E-state index in [-0.39, 0.29) is 22.8 Å². The first kappa shape index (κ1) is 13.4. The summed E-state index contributed by atoms with van der Waals surface area (Å²) < 4.78 is 0. The molecule has 0 atom stereocenters. The Labute approximate surface area is 110 Å². The highest BCUT2D eigenvalue weighted by molar-refractivity contribution is 5.86. The summed E-state index contributed by atoms with van der Waals surface area (Å²) in [5.74, 6) is -0.0339. The number of hydrogen-bond acceptors (Lipinski definition) is 2. The summed E-state index contributed by atoms with van der Waals surface area (Å²) in [5.41, 5.74) is -0.491. The minimum absolute atomic E-state index is 0.0339. The minimum atomic E-state index is -0.757. The molecule has 1 amide bonds. The molecule has 100 valence electrons. The van der Waals surface area contributed by atoms with Gasteiger partial charge in [0.1, 0.15) is 5.41 Å². The van der Waals surface area contributed by atoms with Gasteiger partial charge in [-0.3, -0.25) is 4.79 Å². The molecule has 0 aromatic carbocycles.